The second-order valence-corrected chi connectivity index (χ2v) is 4.32. The summed E-state index contributed by atoms with van der Waals surface area (Å²) in [6.45, 7) is 4.27. The summed E-state index contributed by atoms with van der Waals surface area (Å²) in [6.07, 6.45) is -0.556. The number of rotatable bonds is 10. The molecule has 0 spiro atoms. The van der Waals surface area contributed by atoms with E-state index in [0.717, 1.165) is 5.75 Å². The molecule has 0 aliphatic heterocycles. The molecule has 0 aliphatic rings. The predicted octanol–water partition coefficient (Wildman–Crippen LogP) is 0.333. The number of hydrogen-bond acceptors (Lipinski definition) is 5. The molecule has 1 aromatic carbocycles. The van der Waals surface area contributed by atoms with Crippen LogP contribution in [0, 0.1) is 6.92 Å². The number of benzene rings is 1. The van der Waals surface area contributed by atoms with Crippen LogP contribution in [-0.4, -0.2) is 55.8 Å². The number of ether oxygens (including phenoxy) is 2. The fourth-order valence-electron chi connectivity index (χ4n) is 1.47. The van der Waals surface area contributed by atoms with Crippen LogP contribution in [-0.2, 0) is 4.74 Å². The lowest BCUT2D eigenvalue weighted by molar-refractivity contribution is 0.0842. The van der Waals surface area contributed by atoms with Crippen molar-refractivity contribution in [3.05, 3.63) is 29.8 Å². The van der Waals surface area contributed by atoms with E-state index >= 15 is 0 Å². The zero-order valence-electron chi connectivity index (χ0n) is 11.3. The molecular weight excluding hydrogens is 246 g/mol. The van der Waals surface area contributed by atoms with E-state index in [-0.39, 0.29) is 13.2 Å². The highest BCUT2D eigenvalue weighted by Crippen LogP contribution is 2.11. The first-order valence-corrected chi connectivity index (χ1v) is 6.49. The van der Waals surface area contributed by atoms with Crippen molar-refractivity contribution in [1.29, 1.82) is 0 Å². The molecule has 1 aromatic rings. The predicted molar refractivity (Wildman–Crippen MR) is 73.5 cm³/mol. The van der Waals surface area contributed by atoms with Gasteiger partial charge >= 0.3 is 0 Å². The Bertz CT molecular complexity index is 329. The highest BCUT2D eigenvalue weighted by Gasteiger charge is 2.04. The van der Waals surface area contributed by atoms with E-state index in [4.69, 9.17) is 14.6 Å². The van der Waals surface area contributed by atoms with Gasteiger partial charge in [0.2, 0.25) is 0 Å². The van der Waals surface area contributed by atoms with Crippen LogP contribution in [0.1, 0.15) is 5.56 Å². The van der Waals surface area contributed by atoms with Crippen LogP contribution in [0.4, 0.5) is 0 Å². The zero-order valence-corrected chi connectivity index (χ0v) is 11.3. The number of nitrogens with one attached hydrogen (secondary N) is 1. The summed E-state index contributed by atoms with van der Waals surface area (Å²) >= 11 is 0. The largest absolute Gasteiger partial charge is 0.491 e. The fraction of sp³-hybridized carbons (Fsp3) is 0.571. The van der Waals surface area contributed by atoms with Crippen LogP contribution in [0.3, 0.4) is 0 Å². The number of aliphatic hydroxyl groups is 2. The maximum atomic E-state index is 9.70. The van der Waals surface area contributed by atoms with Crippen molar-refractivity contribution in [2.45, 2.75) is 13.0 Å². The van der Waals surface area contributed by atoms with E-state index in [9.17, 15) is 5.11 Å². The van der Waals surface area contributed by atoms with Crippen molar-refractivity contribution >= 4 is 0 Å². The van der Waals surface area contributed by atoms with Gasteiger partial charge in [0.05, 0.1) is 19.8 Å². The van der Waals surface area contributed by atoms with Crippen LogP contribution in [0.5, 0.6) is 5.75 Å². The van der Waals surface area contributed by atoms with Crippen molar-refractivity contribution in [1.82, 2.24) is 5.32 Å². The van der Waals surface area contributed by atoms with Gasteiger partial charge in [0.1, 0.15) is 18.5 Å². The fourth-order valence-corrected chi connectivity index (χ4v) is 1.47. The highest BCUT2D eigenvalue weighted by atomic mass is 16.5. The SMILES string of the molecule is Cc1ccc(OC[C@H](O)CNCCOCCO)cc1. The summed E-state index contributed by atoms with van der Waals surface area (Å²) in [5.74, 6) is 0.760. The minimum atomic E-state index is -0.556. The van der Waals surface area contributed by atoms with Gasteiger partial charge in [-0.1, -0.05) is 17.7 Å². The first-order valence-electron chi connectivity index (χ1n) is 6.49. The van der Waals surface area contributed by atoms with Crippen molar-refractivity contribution in [2.24, 2.45) is 0 Å². The summed E-state index contributed by atoms with van der Waals surface area (Å²) in [6, 6.07) is 7.72. The third-order valence-corrected chi connectivity index (χ3v) is 2.50. The van der Waals surface area contributed by atoms with E-state index < -0.39 is 6.10 Å². The summed E-state index contributed by atoms with van der Waals surface area (Å²) in [7, 11) is 0. The molecule has 3 N–H and O–H groups in total. The molecule has 0 bridgehead atoms. The Morgan fingerprint density at radius 1 is 1.21 bits per heavy atom. The van der Waals surface area contributed by atoms with Gasteiger partial charge in [-0.3, -0.25) is 0 Å². The van der Waals surface area contributed by atoms with Gasteiger partial charge in [-0.05, 0) is 19.1 Å². The van der Waals surface area contributed by atoms with E-state index in [1.165, 1.54) is 5.56 Å². The van der Waals surface area contributed by atoms with Crippen molar-refractivity contribution in [3.63, 3.8) is 0 Å². The van der Waals surface area contributed by atoms with E-state index in [0.29, 0.717) is 26.3 Å². The van der Waals surface area contributed by atoms with E-state index in [2.05, 4.69) is 5.32 Å². The first-order chi connectivity index (χ1) is 9.22. The van der Waals surface area contributed by atoms with Crippen LogP contribution in [0.2, 0.25) is 0 Å². The minimum absolute atomic E-state index is 0.0347. The third-order valence-electron chi connectivity index (χ3n) is 2.50. The van der Waals surface area contributed by atoms with Gasteiger partial charge in [-0.2, -0.15) is 0 Å². The Kier molecular flexibility index (Phi) is 8.16. The average Bonchev–Trinajstić information content (AvgIpc) is 2.42. The zero-order chi connectivity index (χ0) is 13.9. The lowest BCUT2D eigenvalue weighted by Gasteiger charge is -2.13. The van der Waals surface area contributed by atoms with Gasteiger partial charge in [-0.25, -0.2) is 0 Å². The number of hydrogen-bond donors (Lipinski definition) is 3. The maximum absolute atomic E-state index is 9.70. The smallest absolute Gasteiger partial charge is 0.119 e. The molecule has 0 fully saturated rings. The molecule has 0 aliphatic carbocycles. The van der Waals surface area contributed by atoms with Crippen molar-refractivity contribution in [2.75, 3.05) is 39.5 Å². The molecule has 0 amide bonds. The highest BCUT2D eigenvalue weighted by molar-refractivity contribution is 5.26. The van der Waals surface area contributed by atoms with Gasteiger partial charge in [0.15, 0.2) is 0 Å². The molecule has 0 saturated heterocycles. The summed E-state index contributed by atoms with van der Waals surface area (Å²) in [5.41, 5.74) is 1.18. The number of aryl methyl sites for hydroxylation is 1. The Balaban J connectivity index is 2.04. The van der Waals surface area contributed by atoms with Gasteiger partial charge < -0.3 is 25.0 Å². The molecule has 0 radical (unpaired) electrons. The lowest BCUT2D eigenvalue weighted by Crippen LogP contribution is -2.33. The standard InChI is InChI=1S/C14H23NO4/c1-12-2-4-14(5-3-12)19-11-13(17)10-15-6-8-18-9-7-16/h2-5,13,15-17H,6-11H2,1H3/t13-/m1/s1. The van der Waals surface area contributed by atoms with Gasteiger partial charge in [0.25, 0.3) is 0 Å². The average molecular weight is 269 g/mol. The summed E-state index contributed by atoms with van der Waals surface area (Å²) in [5, 5.41) is 21.3. The van der Waals surface area contributed by atoms with Crippen molar-refractivity contribution in [3.8, 4) is 5.75 Å². The molecule has 0 heterocycles. The van der Waals surface area contributed by atoms with Gasteiger partial charge in [0, 0.05) is 13.1 Å². The lowest BCUT2D eigenvalue weighted by atomic mass is 10.2. The molecule has 0 saturated carbocycles. The monoisotopic (exact) mass is 269 g/mol. The molecule has 0 aromatic heterocycles. The molecular formula is C14H23NO4. The maximum Gasteiger partial charge on any atom is 0.119 e. The number of aliphatic hydroxyl groups excluding tert-OH is 2. The minimum Gasteiger partial charge on any atom is -0.491 e. The Morgan fingerprint density at radius 2 is 1.95 bits per heavy atom. The molecule has 0 unspecified atom stereocenters. The Morgan fingerprint density at radius 3 is 2.63 bits per heavy atom. The first kappa shape index (κ1) is 15.9. The molecule has 5 nitrogen and oxygen atoms in total. The van der Waals surface area contributed by atoms with Crippen LogP contribution in [0.15, 0.2) is 24.3 Å². The molecule has 1 atom stereocenters. The van der Waals surface area contributed by atoms with E-state index in [1.807, 2.05) is 31.2 Å². The molecule has 19 heavy (non-hydrogen) atoms. The van der Waals surface area contributed by atoms with Crippen molar-refractivity contribution < 1.29 is 19.7 Å². The second kappa shape index (κ2) is 9.75. The quantitative estimate of drug-likeness (QED) is 0.534. The normalized spacial score (nSPS) is 12.4. The Hall–Kier alpha value is -1.14. The van der Waals surface area contributed by atoms with Crippen LogP contribution >= 0.6 is 0 Å². The molecule has 5 heteroatoms. The van der Waals surface area contributed by atoms with Gasteiger partial charge in [-0.15, -0.1) is 0 Å². The summed E-state index contributed by atoms with van der Waals surface area (Å²) in [4.78, 5) is 0. The van der Waals surface area contributed by atoms with E-state index in [1.54, 1.807) is 0 Å². The Labute approximate surface area is 114 Å². The summed E-state index contributed by atoms with van der Waals surface area (Å²) < 4.78 is 10.5. The second-order valence-electron chi connectivity index (χ2n) is 4.32. The van der Waals surface area contributed by atoms with Crippen LogP contribution < -0.4 is 10.1 Å². The van der Waals surface area contributed by atoms with Crippen LogP contribution in [0.25, 0.3) is 0 Å². The third kappa shape index (κ3) is 7.79. The molecule has 1 rings (SSSR count). The molecule has 108 valence electrons. The topological polar surface area (TPSA) is 71.0 Å².